The normalized spacial score (nSPS) is 12.4. The van der Waals surface area contributed by atoms with Crippen molar-refractivity contribution in [3.8, 4) is 0 Å². The van der Waals surface area contributed by atoms with Crippen LogP contribution < -0.4 is 11.1 Å². The zero-order valence-electron chi connectivity index (χ0n) is 10.3. The Morgan fingerprint density at radius 3 is 2.65 bits per heavy atom. The summed E-state index contributed by atoms with van der Waals surface area (Å²) in [6, 6.07) is 4.40. The molecule has 0 saturated carbocycles. The van der Waals surface area contributed by atoms with Crippen LogP contribution in [0, 0.1) is 13.8 Å². The minimum atomic E-state index is 0.267. The maximum absolute atomic E-state index is 5.71. The standard InChI is InChI=1S/C13H17N3S/c1-8-4-13(10(3)17-8)9(2)16-12-5-11(14)6-15-7-12/h4-7,9,16H,14H2,1-3H3. The number of hydrogen-bond acceptors (Lipinski definition) is 4. The molecule has 0 aliphatic carbocycles. The molecule has 0 aliphatic rings. The van der Waals surface area contributed by atoms with Gasteiger partial charge in [0.2, 0.25) is 0 Å². The Hall–Kier alpha value is -1.55. The van der Waals surface area contributed by atoms with E-state index in [9.17, 15) is 0 Å². The Morgan fingerprint density at radius 2 is 2.06 bits per heavy atom. The van der Waals surface area contributed by atoms with E-state index in [0.717, 1.165) is 5.69 Å². The van der Waals surface area contributed by atoms with Crippen LogP contribution in [0.3, 0.4) is 0 Å². The molecule has 0 fully saturated rings. The maximum Gasteiger partial charge on any atom is 0.0552 e. The monoisotopic (exact) mass is 247 g/mol. The van der Waals surface area contributed by atoms with E-state index in [-0.39, 0.29) is 6.04 Å². The summed E-state index contributed by atoms with van der Waals surface area (Å²) in [4.78, 5) is 6.78. The molecule has 0 bridgehead atoms. The van der Waals surface area contributed by atoms with Gasteiger partial charge in [0.15, 0.2) is 0 Å². The number of aryl methyl sites for hydroxylation is 2. The molecule has 0 aliphatic heterocycles. The van der Waals surface area contributed by atoms with Gasteiger partial charge in [0.1, 0.15) is 0 Å². The van der Waals surface area contributed by atoms with Gasteiger partial charge in [0, 0.05) is 22.0 Å². The molecule has 0 amide bonds. The van der Waals surface area contributed by atoms with Crippen molar-refractivity contribution in [2.24, 2.45) is 0 Å². The lowest BCUT2D eigenvalue weighted by Gasteiger charge is -2.15. The predicted molar refractivity (Wildman–Crippen MR) is 74.5 cm³/mol. The van der Waals surface area contributed by atoms with Crippen molar-refractivity contribution in [3.05, 3.63) is 39.8 Å². The molecule has 2 rings (SSSR count). The van der Waals surface area contributed by atoms with Gasteiger partial charge in [-0.1, -0.05) is 0 Å². The quantitative estimate of drug-likeness (QED) is 0.872. The van der Waals surface area contributed by atoms with Gasteiger partial charge in [-0.3, -0.25) is 4.98 Å². The SMILES string of the molecule is Cc1cc(C(C)Nc2cncc(N)c2)c(C)s1. The summed E-state index contributed by atoms with van der Waals surface area (Å²) in [5.41, 5.74) is 8.69. The van der Waals surface area contributed by atoms with Crippen molar-refractivity contribution >= 4 is 22.7 Å². The molecule has 0 radical (unpaired) electrons. The number of hydrogen-bond donors (Lipinski definition) is 2. The highest BCUT2D eigenvalue weighted by molar-refractivity contribution is 7.12. The number of anilines is 2. The lowest BCUT2D eigenvalue weighted by Crippen LogP contribution is -2.07. The van der Waals surface area contributed by atoms with E-state index in [4.69, 9.17) is 5.73 Å². The van der Waals surface area contributed by atoms with E-state index in [1.807, 2.05) is 17.4 Å². The van der Waals surface area contributed by atoms with Gasteiger partial charge in [-0.05, 0) is 38.5 Å². The molecule has 0 spiro atoms. The first-order valence-electron chi connectivity index (χ1n) is 5.60. The molecular weight excluding hydrogens is 230 g/mol. The molecule has 17 heavy (non-hydrogen) atoms. The second-order valence-corrected chi connectivity index (χ2v) is 5.70. The minimum absolute atomic E-state index is 0.267. The van der Waals surface area contributed by atoms with Crippen molar-refractivity contribution < 1.29 is 0 Å². The molecule has 2 aromatic heterocycles. The fourth-order valence-corrected chi connectivity index (χ4v) is 2.97. The minimum Gasteiger partial charge on any atom is -0.397 e. The van der Waals surface area contributed by atoms with E-state index in [0.29, 0.717) is 5.69 Å². The first-order valence-corrected chi connectivity index (χ1v) is 6.42. The third kappa shape index (κ3) is 2.77. The van der Waals surface area contributed by atoms with Gasteiger partial charge in [-0.2, -0.15) is 0 Å². The van der Waals surface area contributed by atoms with Gasteiger partial charge >= 0.3 is 0 Å². The van der Waals surface area contributed by atoms with E-state index in [1.165, 1.54) is 15.3 Å². The summed E-state index contributed by atoms with van der Waals surface area (Å²) in [6.07, 6.45) is 3.44. The van der Waals surface area contributed by atoms with Crippen LogP contribution in [0.5, 0.6) is 0 Å². The van der Waals surface area contributed by atoms with Crippen molar-refractivity contribution in [2.75, 3.05) is 11.1 Å². The van der Waals surface area contributed by atoms with E-state index in [2.05, 4.69) is 37.1 Å². The molecule has 2 aromatic rings. The molecule has 3 nitrogen and oxygen atoms in total. The van der Waals surface area contributed by atoms with Crippen LogP contribution in [-0.2, 0) is 0 Å². The van der Waals surface area contributed by atoms with E-state index < -0.39 is 0 Å². The Balaban J connectivity index is 2.16. The Morgan fingerprint density at radius 1 is 1.29 bits per heavy atom. The highest BCUT2D eigenvalue weighted by Gasteiger charge is 2.11. The van der Waals surface area contributed by atoms with Crippen LogP contribution in [0.25, 0.3) is 0 Å². The van der Waals surface area contributed by atoms with Gasteiger partial charge in [-0.25, -0.2) is 0 Å². The summed E-state index contributed by atoms with van der Waals surface area (Å²) in [5.74, 6) is 0. The fraction of sp³-hybridized carbons (Fsp3) is 0.308. The topological polar surface area (TPSA) is 50.9 Å². The van der Waals surface area contributed by atoms with Crippen LogP contribution in [0.4, 0.5) is 11.4 Å². The summed E-state index contributed by atoms with van der Waals surface area (Å²) in [5, 5.41) is 3.42. The summed E-state index contributed by atoms with van der Waals surface area (Å²) in [7, 11) is 0. The predicted octanol–water partition coefficient (Wildman–Crippen LogP) is 3.52. The zero-order valence-corrected chi connectivity index (χ0v) is 11.1. The number of aromatic nitrogens is 1. The van der Waals surface area contributed by atoms with Crippen molar-refractivity contribution in [1.29, 1.82) is 0 Å². The number of nitrogens with two attached hydrogens (primary N) is 1. The summed E-state index contributed by atoms with van der Waals surface area (Å²) < 4.78 is 0. The Kier molecular flexibility index (Phi) is 3.33. The molecule has 0 aromatic carbocycles. The number of thiophene rings is 1. The number of nitrogens with zero attached hydrogens (tertiary/aromatic N) is 1. The van der Waals surface area contributed by atoms with Gasteiger partial charge in [-0.15, -0.1) is 11.3 Å². The van der Waals surface area contributed by atoms with Crippen LogP contribution >= 0.6 is 11.3 Å². The lowest BCUT2D eigenvalue weighted by atomic mass is 10.1. The molecule has 0 saturated heterocycles. The maximum atomic E-state index is 5.71. The first kappa shape index (κ1) is 11.9. The third-order valence-corrected chi connectivity index (χ3v) is 3.67. The highest BCUT2D eigenvalue weighted by atomic mass is 32.1. The van der Waals surface area contributed by atoms with E-state index >= 15 is 0 Å². The first-order chi connectivity index (χ1) is 8.06. The van der Waals surface area contributed by atoms with E-state index in [1.54, 1.807) is 12.4 Å². The summed E-state index contributed by atoms with van der Waals surface area (Å²) >= 11 is 1.83. The van der Waals surface area contributed by atoms with Crippen molar-refractivity contribution in [2.45, 2.75) is 26.8 Å². The zero-order chi connectivity index (χ0) is 12.4. The fourth-order valence-electron chi connectivity index (χ4n) is 1.94. The molecule has 2 heterocycles. The van der Waals surface area contributed by atoms with Gasteiger partial charge < -0.3 is 11.1 Å². The molecule has 90 valence electrons. The number of nitrogens with one attached hydrogen (secondary N) is 1. The molecule has 4 heteroatoms. The average Bonchev–Trinajstić information content (AvgIpc) is 2.58. The van der Waals surface area contributed by atoms with Crippen molar-refractivity contribution in [1.82, 2.24) is 4.98 Å². The van der Waals surface area contributed by atoms with Crippen LogP contribution in [0.1, 0.15) is 28.3 Å². The molecule has 1 unspecified atom stereocenters. The largest absolute Gasteiger partial charge is 0.397 e. The molecule has 1 atom stereocenters. The smallest absolute Gasteiger partial charge is 0.0552 e. The second kappa shape index (κ2) is 4.75. The van der Waals surface area contributed by atoms with Crippen molar-refractivity contribution in [3.63, 3.8) is 0 Å². The van der Waals surface area contributed by atoms with Crippen LogP contribution in [-0.4, -0.2) is 4.98 Å². The van der Waals surface area contributed by atoms with Gasteiger partial charge in [0.25, 0.3) is 0 Å². The van der Waals surface area contributed by atoms with Gasteiger partial charge in [0.05, 0.1) is 17.6 Å². The molecular formula is C13H17N3S. The highest BCUT2D eigenvalue weighted by Crippen LogP contribution is 2.28. The number of nitrogen functional groups attached to an aromatic ring is 1. The lowest BCUT2D eigenvalue weighted by molar-refractivity contribution is 0.880. The summed E-state index contributed by atoms with van der Waals surface area (Å²) in [6.45, 7) is 6.44. The number of rotatable bonds is 3. The van der Waals surface area contributed by atoms with Crippen LogP contribution in [0.2, 0.25) is 0 Å². The number of pyridine rings is 1. The van der Waals surface area contributed by atoms with Crippen LogP contribution in [0.15, 0.2) is 24.5 Å². The second-order valence-electron chi connectivity index (χ2n) is 4.24. The Labute approximate surface area is 106 Å². The third-order valence-electron chi connectivity index (χ3n) is 2.69. The molecule has 3 N–H and O–H groups in total. The Bertz CT molecular complexity index is 519. The average molecular weight is 247 g/mol.